The van der Waals surface area contributed by atoms with E-state index < -0.39 is 0 Å². The topological polar surface area (TPSA) is 75.6 Å². The number of aromatic nitrogens is 2. The second-order valence-corrected chi connectivity index (χ2v) is 5.76. The number of anilines is 1. The van der Waals surface area contributed by atoms with Gasteiger partial charge >= 0.3 is 0 Å². The third-order valence-electron chi connectivity index (χ3n) is 3.32. The average Bonchev–Trinajstić information content (AvgIpc) is 2.39. The van der Waals surface area contributed by atoms with E-state index in [4.69, 9.17) is 5.73 Å². The number of thioether (sulfide) groups is 1. The monoisotopic (exact) mass is 262 g/mol. The molecule has 0 unspecified atom stereocenters. The Kier molecular flexibility index (Phi) is 4.43. The Morgan fingerprint density at radius 3 is 2.67 bits per heavy atom. The Balaban J connectivity index is 2.38. The molecule has 1 aromatic rings. The fourth-order valence-electron chi connectivity index (χ4n) is 2.45. The summed E-state index contributed by atoms with van der Waals surface area (Å²) in [5.41, 5.74) is 7.25. The van der Waals surface area contributed by atoms with Crippen molar-refractivity contribution in [1.29, 1.82) is 5.26 Å². The molecule has 1 aliphatic carbocycles. The van der Waals surface area contributed by atoms with E-state index >= 15 is 0 Å². The number of hydrogen-bond acceptors (Lipinski definition) is 5. The van der Waals surface area contributed by atoms with Crippen molar-refractivity contribution in [3.05, 3.63) is 11.3 Å². The number of nitriles is 1. The zero-order chi connectivity index (χ0) is 13.0. The molecule has 5 heteroatoms. The Hall–Kier alpha value is -1.28. The maximum Gasteiger partial charge on any atom is 0.189 e. The third kappa shape index (κ3) is 2.75. The summed E-state index contributed by atoms with van der Waals surface area (Å²) in [6.45, 7) is 2.06. The van der Waals surface area contributed by atoms with Gasteiger partial charge in [-0.3, -0.25) is 0 Å². The lowest BCUT2D eigenvalue weighted by Crippen LogP contribution is -2.12. The van der Waals surface area contributed by atoms with Crippen LogP contribution in [-0.2, 0) is 0 Å². The van der Waals surface area contributed by atoms with Crippen LogP contribution in [0.2, 0.25) is 0 Å². The van der Waals surface area contributed by atoms with Crippen LogP contribution in [0.15, 0.2) is 5.16 Å². The first-order chi connectivity index (χ1) is 8.76. The van der Waals surface area contributed by atoms with E-state index in [0.717, 1.165) is 24.3 Å². The van der Waals surface area contributed by atoms with Crippen LogP contribution in [0.25, 0.3) is 0 Å². The quantitative estimate of drug-likeness (QED) is 0.669. The Morgan fingerprint density at radius 2 is 2.06 bits per heavy atom. The van der Waals surface area contributed by atoms with Crippen LogP contribution < -0.4 is 5.73 Å². The van der Waals surface area contributed by atoms with Gasteiger partial charge in [0.05, 0.1) is 5.69 Å². The van der Waals surface area contributed by atoms with Gasteiger partial charge in [-0.2, -0.15) is 5.26 Å². The van der Waals surface area contributed by atoms with Crippen molar-refractivity contribution in [1.82, 2.24) is 9.97 Å². The molecule has 0 aromatic carbocycles. The molecule has 0 atom stereocenters. The van der Waals surface area contributed by atoms with Gasteiger partial charge in [0.25, 0.3) is 0 Å². The predicted octanol–water partition coefficient (Wildman–Crippen LogP) is 3.09. The summed E-state index contributed by atoms with van der Waals surface area (Å²) in [5.74, 6) is 1.63. The fraction of sp³-hybridized carbons (Fsp3) is 0.615. The van der Waals surface area contributed by atoms with Gasteiger partial charge in [0.15, 0.2) is 5.16 Å². The van der Waals surface area contributed by atoms with E-state index in [1.54, 1.807) is 11.8 Å². The van der Waals surface area contributed by atoms with Crippen LogP contribution in [0.1, 0.15) is 56.2 Å². The Labute approximate surface area is 112 Å². The fourth-order valence-corrected chi connectivity index (χ4v) is 3.04. The first-order valence-electron chi connectivity index (χ1n) is 6.46. The minimum absolute atomic E-state index is 0.337. The lowest BCUT2D eigenvalue weighted by molar-refractivity contribution is 0.433. The molecule has 2 N–H and O–H groups in total. The van der Waals surface area contributed by atoms with Crippen LogP contribution in [0, 0.1) is 11.3 Å². The number of nitrogen functional groups attached to an aromatic ring is 1. The molecule has 1 heterocycles. The maximum atomic E-state index is 9.23. The third-order valence-corrected chi connectivity index (χ3v) is 4.05. The highest BCUT2D eigenvalue weighted by Gasteiger charge is 2.23. The molecule has 1 aromatic heterocycles. The minimum Gasteiger partial charge on any atom is -0.382 e. The zero-order valence-electron chi connectivity index (χ0n) is 10.6. The smallest absolute Gasteiger partial charge is 0.189 e. The van der Waals surface area contributed by atoms with E-state index in [0.29, 0.717) is 22.5 Å². The largest absolute Gasteiger partial charge is 0.382 e. The number of hydrogen-bond donors (Lipinski definition) is 1. The average molecular weight is 262 g/mol. The van der Waals surface area contributed by atoms with Crippen LogP contribution in [0.5, 0.6) is 0 Å². The SMILES string of the molecule is CCSc1nc(N)c(C#N)c(C2CCCCC2)n1. The summed E-state index contributed by atoms with van der Waals surface area (Å²) in [7, 11) is 0. The van der Waals surface area contributed by atoms with Gasteiger partial charge in [-0.25, -0.2) is 9.97 Å². The molecule has 0 aliphatic heterocycles. The van der Waals surface area contributed by atoms with Crippen molar-refractivity contribution < 1.29 is 0 Å². The van der Waals surface area contributed by atoms with E-state index in [9.17, 15) is 5.26 Å². The Morgan fingerprint density at radius 1 is 1.33 bits per heavy atom. The van der Waals surface area contributed by atoms with Gasteiger partial charge in [0.2, 0.25) is 0 Å². The molecule has 1 fully saturated rings. The van der Waals surface area contributed by atoms with Gasteiger partial charge in [0.1, 0.15) is 17.5 Å². The molecule has 96 valence electrons. The summed E-state index contributed by atoms with van der Waals surface area (Å²) >= 11 is 1.58. The summed E-state index contributed by atoms with van der Waals surface area (Å²) in [5, 5.41) is 9.94. The molecule has 0 amide bonds. The van der Waals surface area contributed by atoms with Crippen molar-refractivity contribution in [2.24, 2.45) is 0 Å². The van der Waals surface area contributed by atoms with Crippen LogP contribution in [0.4, 0.5) is 5.82 Å². The minimum atomic E-state index is 0.337. The highest BCUT2D eigenvalue weighted by molar-refractivity contribution is 7.99. The molecule has 0 saturated heterocycles. The Bertz CT molecular complexity index is 461. The van der Waals surface area contributed by atoms with Crippen molar-refractivity contribution in [3.8, 4) is 6.07 Å². The van der Waals surface area contributed by atoms with E-state index in [1.165, 1.54) is 19.3 Å². The van der Waals surface area contributed by atoms with Gasteiger partial charge in [-0.15, -0.1) is 0 Å². The second kappa shape index (κ2) is 6.05. The summed E-state index contributed by atoms with van der Waals surface area (Å²) < 4.78 is 0. The van der Waals surface area contributed by atoms with Crippen molar-refractivity contribution in [2.45, 2.75) is 50.1 Å². The van der Waals surface area contributed by atoms with Crippen LogP contribution in [-0.4, -0.2) is 15.7 Å². The van der Waals surface area contributed by atoms with Crippen molar-refractivity contribution in [3.63, 3.8) is 0 Å². The maximum absolute atomic E-state index is 9.23. The second-order valence-electron chi connectivity index (χ2n) is 4.53. The van der Waals surface area contributed by atoms with E-state index in [-0.39, 0.29) is 0 Å². The summed E-state index contributed by atoms with van der Waals surface area (Å²) in [6, 6.07) is 2.17. The molecule has 2 rings (SSSR count). The molecule has 18 heavy (non-hydrogen) atoms. The van der Waals surface area contributed by atoms with Gasteiger partial charge < -0.3 is 5.73 Å². The van der Waals surface area contributed by atoms with Crippen LogP contribution >= 0.6 is 11.8 Å². The molecule has 1 aliphatic rings. The summed E-state index contributed by atoms with van der Waals surface area (Å²) in [4.78, 5) is 8.76. The highest BCUT2D eigenvalue weighted by Crippen LogP contribution is 2.35. The number of rotatable bonds is 3. The molecule has 4 nitrogen and oxygen atoms in total. The molecular formula is C13H18N4S. The molecular weight excluding hydrogens is 244 g/mol. The van der Waals surface area contributed by atoms with Crippen LogP contribution in [0.3, 0.4) is 0 Å². The summed E-state index contributed by atoms with van der Waals surface area (Å²) in [6.07, 6.45) is 5.95. The van der Waals surface area contributed by atoms with Crippen molar-refractivity contribution in [2.75, 3.05) is 11.5 Å². The molecule has 0 radical (unpaired) electrons. The zero-order valence-corrected chi connectivity index (χ0v) is 11.5. The molecule has 0 spiro atoms. The number of nitrogens with zero attached hydrogens (tertiary/aromatic N) is 3. The van der Waals surface area contributed by atoms with E-state index in [2.05, 4.69) is 23.0 Å². The first kappa shape index (κ1) is 13.2. The predicted molar refractivity (Wildman–Crippen MR) is 73.4 cm³/mol. The van der Waals surface area contributed by atoms with Gasteiger partial charge in [0, 0.05) is 5.92 Å². The van der Waals surface area contributed by atoms with E-state index in [1.807, 2.05) is 0 Å². The normalized spacial score (nSPS) is 16.4. The lowest BCUT2D eigenvalue weighted by Gasteiger charge is -2.22. The standard InChI is InChI=1S/C13H18N4S/c1-2-18-13-16-11(9-6-4-3-5-7-9)10(8-14)12(15)17-13/h9H,2-7H2,1H3,(H2,15,16,17). The first-order valence-corrected chi connectivity index (χ1v) is 7.45. The molecule has 0 bridgehead atoms. The highest BCUT2D eigenvalue weighted by atomic mass is 32.2. The van der Waals surface area contributed by atoms with Crippen molar-refractivity contribution >= 4 is 17.6 Å². The van der Waals surface area contributed by atoms with Gasteiger partial charge in [-0.05, 0) is 18.6 Å². The van der Waals surface area contributed by atoms with Gasteiger partial charge in [-0.1, -0.05) is 37.9 Å². The molecule has 1 saturated carbocycles. The number of nitrogens with two attached hydrogens (primary N) is 1. The lowest BCUT2D eigenvalue weighted by atomic mass is 9.85.